The van der Waals surface area contributed by atoms with Crippen LogP contribution in [0.2, 0.25) is 5.02 Å². The van der Waals surface area contributed by atoms with Crippen LogP contribution in [0.4, 0.5) is 0 Å². The summed E-state index contributed by atoms with van der Waals surface area (Å²) in [5.41, 5.74) is 1.11. The van der Waals surface area contributed by atoms with Crippen molar-refractivity contribution in [3.05, 3.63) is 47.5 Å². The molecule has 0 aliphatic carbocycles. The van der Waals surface area contributed by atoms with E-state index in [1.165, 1.54) is 16.4 Å². The highest BCUT2D eigenvalue weighted by Gasteiger charge is 2.25. The van der Waals surface area contributed by atoms with E-state index in [4.69, 9.17) is 20.8 Å². The third-order valence-corrected chi connectivity index (χ3v) is 6.80. The second-order valence-corrected chi connectivity index (χ2v) is 8.16. The smallest absolute Gasteiger partial charge is 0.251 e. The van der Waals surface area contributed by atoms with Gasteiger partial charge < -0.3 is 9.15 Å². The molecule has 28 heavy (non-hydrogen) atoms. The van der Waals surface area contributed by atoms with Crippen LogP contribution in [0.1, 0.15) is 13.8 Å². The zero-order valence-electron chi connectivity index (χ0n) is 15.7. The minimum atomic E-state index is -3.73. The Kier molecular flexibility index (Phi) is 6.02. The summed E-state index contributed by atoms with van der Waals surface area (Å²) in [4.78, 5) is 0.00686. The predicted octanol–water partition coefficient (Wildman–Crippen LogP) is 4.10. The van der Waals surface area contributed by atoms with Crippen molar-refractivity contribution in [2.45, 2.75) is 18.7 Å². The number of benzene rings is 2. The Hall–Kier alpha value is -2.42. The molecule has 148 valence electrons. The molecule has 1 heterocycles. The summed E-state index contributed by atoms with van der Waals surface area (Å²) in [6.45, 7) is 4.24. The number of sulfonamides is 1. The number of ether oxygens (including phenoxy) is 1. The van der Waals surface area contributed by atoms with E-state index in [9.17, 15) is 8.42 Å². The quantitative estimate of drug-likeness (QED) is 0.571. The van der Waals surface area contributed by atoms with E-state index in [1.807, 2.05) is 12.1 Å². The Morgan fingerprint density at radius 2 is 1.75 bits per heavy atom. The van der Waals surface area contributed by atoms with Gasteiger partial charge in [-0.15, -0.1) is 10.2 Å². The third-order valence-electron chi connectivity index (χ3n) is 4.26. The number of halogens is 1. The van der Waals surface area contributed by atoms with Crippen LogP contribution in [0.15, 0.2) is 51.8 Å². The SMILES string of the molecule is CCN(CC)S(=O)(=O)c1cc(-c2nnc(-c3ccccc3OC)o2)ccc1Cl. The molecule has 0 radical (unpaired) electrons. The van der Waals surface area contributed by atoms with Crippen molar-refractivity contribution >= 4 is 21.6 Å². The van der Waals surface area contributed by atoms with Gasteiger partial charge in [0.15, 0.2) is 0 Å². The second kappa shape index (κ2) is 8.30. The molecule has 0 N–H and O–H groups in total. The molecule has 0 atom stereocenters. The zero-order valence-corrected chi connectivity index (χ0v) is 17.3. The average molecular weight is 422 g/mol. The van der Waals surface area contributed by atoms with Gasteiger partial charge in [0.2, 0.25) is 15.9 Å². The van der Waals surface area contributed by atoms with E-state index < -0.39 is 10.0 Å². The van der Waals surface area contributed by atoms with Crippen LogP contribution >= 0.6 is 11.6 Å². The van der Waals surface area contributed by atoms with Crippen molar-refractivity contribution in [1.29, 1.82) is 0 Å². The molecule has 0 aliphatic heterocycles. The summed E-state index contributed by atoms with van der Waals surface area (Å²) >= 11 is 6.18. The molecular formula is C19H20ClN3O4S. The minimum Gasteiger partial charge on any atom is -0.496 e. The Morgan fingerprint density at radius 1 is 1.07 bits per heavy atom. The lowest BCUT2D eigenvalue weighted by Gasteiger charge is -2.19. The van der Waals surface area contributed by atoms with Crippen molar-refractivity contribution in [2.24, 2.45) is 0 Å². The van der Waals surface area contributed by atoms with Crippen molar-refractivity contribution < 1.29 is 17.6 Å². The molecule has 1 aromatic heterocycles. The van der Waals surface area contributed by atoms with Crippen LogP contribution in [-0.4, -0.2) is 43.1 Å². The molecule has 3 rings (SSSR count). The molecule has 9 heteroatoms. The highest BCUT2D eigenvalue weighted by atomic mass is 35.5. The van der Waals surface area contributed by atoms with E-state index in [-0.39, 0.29) is 21.7 Å². The molecule has 0 unspecified atom stereocenters. The van der Waals surface area contributed by atoms with Gasteiger partial charge in [-0.1, -0.05) is 37.6 Å². The van der Waals surface area contributed by atoms with Crippen LogP contribution in [0.5, 0.6) is 5.75 Å². The summed E-state index contributed by atoms with van der Waals surface area (Å²) in [5.74, 6) is 1.06. The van der Waals surface area contributed by atoms with Crippen molar-refractivity contribution in [1.82, 2.24) is 14.5 Å². The lowest BCUT2D eigenvalue weighted by molar-refractivity contribution is 0.414. The molecule has 0 saturated heterocycles. The van der Waals surface area contributed by atoms with Crippen LogP contribution < -0.4 is 4.74 Å². The average Bonchev–Trinajstić information content (AvgIpc) is 3.19. The van der Waals surface area contributed by atoms with Gasteiger partial charge in [0.25, 0.3) is 5.89 Å². The summed E-state index contributed by atoms with van der Waals surface area (Å²) in [6, 6.07) is 11.9. The van der Waals surface area contributed by atoms with E-state index in [1.54, 1.807) is 39.2 Å². The molecule has 0 fully saturated rings. The van der Waals surface area contributed by atoms with Gasteiger partial charge in [-0.3, -0.25) is 0 Å². The van der Waals surface area contributed by atoms with Gasteiger partial charge in [-0.25, -0.2) is 8.42 Å². The van der Waals surface area contributed by atoms with Gasteiger partial charge in [0, 0.05) is 18.7 Å². The molecule has 0 amide bonds. The number of hydrogen-bond acceptors (Lipinski definition) is 6. The largest absolute Gasteiger partial charge is 0.496 e. The van der Waals surface area contributed by atoms with E-state index >= 15 is 0 Å². The lowest BCUT2D eigenvalue weighted by Crippen LogP contribution is -2.30. The molecule has 2 aromatic carbocycles. The first-order chi connectivity index (χ1) is 13.4. The predicted molar refractivity (Wildman–Crippen MR) is 107 cm³/mol. The van der Waals surface area contributed by atoms with Gasteiger partial charge in [-0.2, -0.15) is 4.31 Å². The molecule has 0 saturated carbocycles. The second-order valence-electron chi connectivity index (χ2n) is 5.85. The van der Waals surface area contributed by atoms with E-state index in [2.05, 4.69) is 10.2 Å². The Labute approximate surface area is 169 Å². The van der Waals surface area contributed by atoms with Gasteiger partial charge in [-0.05, 0) is 30.3 Å². The number of aromatic nitrogens is 2. The highest BCUT2D eigenvalue weighted by Crippen LogP contribution is 2.33. The first kappa shape index (κ1) is 20.3. The fraction of sp³-hybridized carbons (Fsp3) is 0.263. The minimum absolute atomic E-state index is 0.00686. The Balaban J connectivity index is 2.04. The molecular weight excluding hydrogens is 402 g/mol. The molecule has 7 nitrogen and oxygen atoms in total. The topological polar surface area (TPSA) is 85.5 Å². The molecule has 0 spiro atoms. The number of para-hydroxylation sites is 1. The summed E-state index contributed by atoms with van der Waals surface area (Å²) in [6.07, 6.45) is 0. The Bertz CT molecular complexity index is 1080. The van der Waals surface area contributed by atoms with E-state index in [0.29, 0.717) is 30.0 Å². The van der Waals surface area contributed by atoms with Crippen molar-refractivity contribution in [3.8, 4) is 28.7 Å². The lowest BCUT2D eigenvalue weighted by atomic mass is 10.2. The maximum atomic E-state index is 12.9. The molecule has 0 bridgehead atoms. The highest BCUT2D eigenvalue weighted by molar-refractivity contribution is 7.89. The fourth-order valence-electron chi connectivity index (χ4n) is 2.81. The summed E-state index contributed by atoms with van der Waals surface area (Å²) in [7, 11) is -2.17. The van der Waals surface area contributed by atoms with Crippen LogP contribution in [-0.2, 0) is 10.0 Å². The number of rotatable bonds is 7. The maximum Gasteiger partial charge on any atom is 0.251 e. The third kappa shape index (κ3) is 3.76. The number of methoxy groups -OCH3 is 1. The zero-order chi connectivity index (χ0) is 20.3. The molecule has 3 aromatic rings. The van der Waals surface area contributed by atoms with E-state index in [0.717, 1.165) is 0 Å². The first-order valence-corrected chi connectivity index (χ1v) is 10.5. The summed E-state index contributed by atoms with van der Waals surface area (Å²) in [5, 5.41) is 8.26. The maximum absolute atomic E-state index is 12.9. The van der Waals surface area contributed by atoms with Gasteiger partial charge >= 0.3 is 0 Å². The monoisotopic (exact) mass is 421 g/mol. The van der Waals surface area contributed by atoms with Crippen molar-refractivity contribution in [3.63, 3.8) is 0 Å². The normalized spacial score (nSPS) is 11.8. The number of nitrogens with zero attached hydrogens (tertiary/aromatic N) is 3. The fourth-order valence-corrected chi connectivity index (χ4v) is 4.77. The van der Waals surface area contributed by atoms with Crippen LogP contribution in [0.25, 0.3) is 22.9 Å². The van der Waals surface area contributed by atoms with Gasteiger partial charge in [0.1, 0.15) is 10.6 Å². The number of hydrogen-bond donors (Lipinski definition) is 0. The molecule has 0 aliphatic rings. The van der Waals surface area contributed by atoms with Gasteiger partial charge in [0.05, 0.1) is 17.7 Å². The van der Waals surface area contributed by atoms with Crippen molar-refractivity contribution in [2.75, 3.05) is 20.2 Å². The standard InChI is InChI=1S/C19H20ClN3O4S/c1-4-23(5-2)28(24,25)17-12-13(10-11-15(17)20)18-21-22-19(27-18)14-8-6-7-9-16(14)26-3/h6-12H,4-5H2,1-3H3. The van der Waals surface area contributed by atoms with Crippen LogP contribution in [0, 0.1) is 0 Å². The summed E-state index contributed by atoms with van der Waals surface area (Å²) < 4.78 is 38.2. The van der Waals surface area contributed by atoms with Crippen LogP contribution in [0.3, 0.4) is 0 Å². The first-order valence-electron chi connectivity index (χ1n) is 8.69. The Morgan fingerprint density at radius 3 is 2.43 bits per heavy atom.